The van der Waals surface area contributed by atoms with Crippen LogP contribution >= 0.6 is 0 Å². The predicted octanol–water partition coefficient (Wildman–Crippen LogP) is 0.766. The monoisotopic (exact) mass is 255 g/mol. The third-order valence-electron chi connectivity index (χ3n) is 4.73. The summed E-state index contributed by atoms with van der Waals surface area (Å²) >= 11 is 0. The van der Waals surface area contributed by atoms with Crippen LogP contribution in [0.3, 0.4) is 0 Å². The molecule has 0 aromatic rings. The van der Waals surface area contributed by atoms with Crippen LogP contribution in [-0.2, 0) is 4.74 Å². The van der Waals surface area contributed by atoms with Gasteiger partial charge in [0.2, 0.25) is 0 Å². The summed E-state index contributed by atoms with van der Waals surface area (Å²) in [7, 11) is 2.24. The number of likely N-dealkylation sites (N-methyl/N-ethyl adjacent to an activating group) is 1. The van der Waals surface area contributed by atoms with Crippen LogP contribution in [0.15, 0.2) is 0 Å². The van der Waals surface area contributed by atoms with Gasteiger partial charge in [0, 0.05) is 44.9 Å². The van der Waals surface area contributed by atoms with Crippen LogP contribution in [-0.4, -0.2) is 68.3 Å². The quantitative estimate of drug-likeness (QED) is 0.805. The maximum Gasteiger partial charge on any atom is 0.0509 e. The first-order chi connectivity index (χ1) is 8.76. The van der Waals surface area contributed by atoms with Gasteiger partial charge in [0.1, 0.15) is 0 Å². The number of piperazine rings is 1. The van der Waals surface area contributed by atoms with Gasteiger partial charge in [-0.15, -0.1) is 0 Å². The molecule has 2 N–H and O–H groups in total. The zero-order valence-electron chi connectivity index (χ0n) is 12.0. The van der Waals surface area contributed by atoms with Crippen molar-refractivity contribution >= 4 is 0 Å². The molecule has 2 saturated heterocycles. The van der Waals surface area contributed by atoms with Gasteiger partial charge < -0.3 is 15.4 Å². The van der Waals surface area contributed by atoms with Crippen molar-refractivity contribution < 1.29 is 4.74 Å². The molecule has 0 saturated carbocycles. The standard InChI is InChI=1S/C14H29N3O/c1-3-13-10-17(7-6-16(13)2)14(9-15)12-5-4-8-18-11-12/h12-14H,3-11,15H2,1-2H3. The maximum atomic E-state index is 6.05. The molecular formula is C14H29N3O. The van der Waals surface area contributed by atoms with Gasteiger partial charge in [-0.25, -0.2) is 0 Å². The van der Waals surface area contributed by atoms with Crippen molar-refractivity contribution in [1.29, 1.82) is 0 Å². The van der Waals surface area contributed by atoms with Crippen LogP contribution < -0.4 is 5.73 Å². The average molecular weight is 255 g/mol. The van der Waals surface area contributed by atoms with E-state index in [-0.39, 0.29) is 0 Å². The Bertz CT molecular complexity index is 243. The second-order valence-electron chi connectivity index (χ2n) is 5.82. The van der Waals surface area contributed by atoms with E-state index < -0.39 is 0 Å². The summed E-state index contributed by atoms with van der Waals surface area (Å²) in [6.45, 7) is 8.40. The van der Waals surface area contributed by atoms with Crippen molar-refractivity contribution in [2.24, 2.45) is 11.7 Å². The van der Waals surface area contributed by atoms with Crippen LogP contribution in [0.1, 0.15) is 26.2 Å². The molecule has 0 bridgehead atoms. The first kappa shape index (κ1) is 14.3. The molecule has 106 valence electrons. The van der Waals surface area contributed by atoms with Crippen molar-refractivity contribution in [2.45, 2.75) is 38.3 Å². The molecule has 2 aliphatic heterocycles. The van der Waals surface area contributed by atoms with E-state index in [2.05, 4.69) is 23.8 Å². The van der Waals surface area contributed by atoms with Gasteiger partial charge in [-0.3, -0.25) is 4.90 Å². The highest BCUT2D eigenvalue weighted by Gasteiger charge is 2.32. The summed E-state index contributed by atoms with van der Waals surface area (Å²) in [5.41, 5.74) is 6.05. The minimum Gasteiger partial charge on any atom is -0.381 e. The molecular weight excluding hydrogens is 226 g/mol. The van der Waals surface area contributed by atoms with Crippen molar-refractivity contribution in [1.82, 2.24) is 9.80 Å². The predicted molar refractivity (Wildman–Crippen MR) is 74.7 cm³/mol. The molecule has 2 rings (SSSR count). The molecule has 2 fully saturated rings. The second kappa shape index (κ2) is 6.85. The molecule has 0 aromatic heterocycles. The Labute approximate surface area is 111 Å². The molecule has 2 aliphatic rings. The Hall–Kier alpha value is -0.160. The SMILES string of the molecule is CCC1CN(C(CN)C2CCCOC2)CCN1C. The fourth-order valence-electron chi connectivity index (χ4n) is 3.42. The smallest absolute Gasteiger partial charge is 0.0509 e. The first-order valence-corrected chi connectivity index (χ1v) is 7.48. The minimum atomic E-state index is 0.521. The Balaban J connectivity index is 1.94. The van der Waals surface area contributed by atoms with Crippen molar-refractivity contribution in [3.63, 3.8) is 0 Å². The minimum absolute atomic E-state index is 0.521. The zero-order valence-corrected chi connectivity index (χ0v) is 12.0. The number of hydrogen-bond acceptors (Lipinski definition) is 4. The topological polar surface area (TPSA) is 41.7 Å². The molecule has 4 nitrogen and oxygen atoms in total. The lowest BCUT2D eigenvalue weighted by Gasteiger charge is -2.45. The third-order valence-corrected chi connectivity index (χ3v) is 4.73. The van der Waals surface area contributed by atoms with Crippen LogP contribution in [0.5, 0.6) is 0 Å². The molecule has 0 radical (unpaired) electrons. The van der Waals surface area contributed by atoms with Gasteiger partial charge in [-0.2, -0.15) is 0 Å². The average Bonchev–Trinajstić information content (AvgIpc) is 2.42. The molecule has 0 amide bonds. The van der Waals surface area contributed by atoms with Crippen LogP contribution in [0, 0.1) is 5.92 Å². The largest absolute Gasteiger partial charge is 0.381 e. The first-order valence-electron chi connectivity index (χ1n) is 7.48. The number of rotatable bonds is 4. The lowest BCUT2D eigenvalue weighted by atomic mass is 9.91. The number of nitrogens with zero attached hydrogens (tertiary/aromatic N) is 2. The Morgan fingerprint density at radius 2 is 2.22 bits per heavy atom. The van der Waals surface area contributed by atoms with E-state index in [9.17, 15) is 0 Å². The molecule has 0 aromatic carbocycles. The molecule has 3 unspecified atom stereocenters. The van der Waals surface area contributed by atoms with Crippen molar-refractivity contribution in [3.05, 3.63) is 0 Å². The molecule has 0 spiro atoms. The fourth-order valence-corrected chi connectivity index (χ4v) is 3.42. The molecule has 0 aliphatic carbocycles. The highest BCUT2D eigenvalue weighted by atomic mass is 16.5. The van der Waals surface area contributed by atoms with E-state index in [0.717, 1.165) is 26.3 Å². The van der Waals surface area contributed by atoms with Crippen LogP contribution in [0.2, 0.25) is 0 Å². The van der Waals surface area contributed by atoms with Gasteiger partial charge in [0.15, 0.2) is 0 Å². The van der Waals surface area contributed by atoms with Crippen LogP contribution in [0.4, 0.5) is 0 Å². The summed E-state index contributed by atoms with van der Waals surface area (Å²) < 4.78 is 5.64. The Kier molecular flexibility index (Phi) is 5.42. The summed E-state index contributed by atoms with van der Waals surface area (Å²) in [6, 6.07) is 1.21. The van der Waals surface area contributed by atoms with Crippen LogP contribution in [0.25, 0.3) is 0 Å². The Morgan fingerprint density at radius 1 is 1.39 bits per heavy atom. The fraction of sp³-hybridized carbons (Fsp3) is 1.00. The summed E-state index contributed by atoms with van der Waals surface area (Å²) in [6.07, 6.45) is 3.71. The second-order valence-corrected chi connectivity index (χ2v) is 5.82. The highest BCUT2D eigenvalue weighted by molar-refractivity contribution is 4.88. The third kappa shape index (κ3) is 3.23. The van der Waals surface area contributed by atoms with E-state index in [4.69, 9.17) is 10.5 Å². The maximum absolute atomic E-state index is 6.05. The highest BCUT2D eigenvalue weighted by Crippen LogP contribution is 2.23. The summed E-state index contributed by atoms with van der Waals surface area (Å²) in [5.74, 6) is 0.643. The van der Waals surface area contributed by atoms with Gasteiger partial charge in [-0.1, -0.05) is 6.92 Å². The Morgan fingerprint density at radius 3 is 2.83 bits per heavy atom. The van der Waals surface area contributed by atoms with E-state index in [0.29, 0.717) is 18.0 Å². The number of hydrogen-bond donors (Lipinski definition) is 1. The van der Waals surface area contributed by atoms with Crippen molar-refractivity contribution in [3.8, 4) is 0 Å². The molecule has 3 atom stereocenters. The lowest BCUT2D eigenvalue weighted by Crippen LogP contribution is -2.58. The normalized spacial score (nSPS) is 33.5. The van der Waals surface area contributed by atoms with Gasteiger partial charge in [0.25, 0.3) is 0 Å². The van der Waals surface area contributed by atoms with Gasteiger partial charge in [0.05, 0.1) is 6.61 Å². The number of ether oxygens (including phenoxy) is 1. The molecule has 2 heterocycles. The number of nitrogens with two attached hydrogens (primary N) is 1. The van der Waals surface area contributed by atoms with E-state index in [1.54, 1.807) is 0 Å². The van der Waals surface area contributed by atoms with E-state index >= 15 is 0 Å². The van der Waals surface area contributed by atoms with Gasteiger partial charge >= 0.3 is 0 Å². The van der Waals surface area contributed by atoms with E-state index in [1.165, 1.54) is 32.4 Å². The lowest BCUT2D eigenvalue weighted by molar-refractivity contribution is -0.0119. The van der Waals surface area contributed by atoms with Crippen molar-refractivity contribution in [2.75, 3.05) is 46.4 Å². The molecule has 18 heavy (non-hydrogen) atoms. The summed E-state index contributed by atoms with van der Waals surface area (Å²) in [5, 5.41) is 0. The summed E-state index contributed by atoms with van der Waals surface area (Å²) in [4.78, 5) is 5.11. The zero-order chi connectivity index (χ0) is 13.0. The van der Waals surface area contributed by atoms with E-state index in [1.807, 2.05) is 0 Å². The van der Waals surface area contributed by atoms with Gasteiger partial charge in [-0.05, 0) is 32.2 Å². The molecule has 4 heteroatoms.